The Kier molecular flexibility index (Phi) is 7.14. The zero-order valence-corrected chi connectivity index (χ0v) is 13.8. The summed E-state index contributed by atoms with van der Waals surface area (Å²) in [6.07, 6.45) is 0.694. The first-order chi connectivity index (χ1) is 10.1. The molecule has 1 heterocycles. The molecule has 0 aliphatic rings. The highest BCUT2D eigenvalue weighted by atomic mass is 16.3. The molecular formula is C14H28N6O. The number of nitrogens with zero attached hydrogens (tertiary/aromatic N) is 5. The van der Waals surface area contributed by atoms with Gasteiger partial charge >= 0.3 is 0 Å². The molecule has 1 aromatic heterocycles. The number of aliphatic hydroxyl groups is 1. The van der Waals surface area contributed by atoms with Crippen LogP contribution in [0, 0.1) is 0 Å². The quantitative estimate of drug-likeness (QED) is 0.712. The molecule has 0 saturated heterocycles. The van der Waals surface area contributed by atoms with E-state index in [4.69, 9.17) is 5.11 Å². The Balaban J connectivity index is 3.16. The molecule has 0 aromatic carbocycles. The third-order valence-corrected chi connectivity index (χ3v) is 3.32. The van der Waals surface area contributed by atoms with E-state index in [1.807, 2.05) is 0 Å². The van der Waals surface area contributed by atoms with Crippen molar-refractivity contribution in [3.63, 3.8) is 0 Å². The molecule has 0 unspecified atom stereocenters. The summed E-state index contributed by atoms with van der Waals surface area (Å²) in [5.74, 6) is 1.90. The fourth-order valence-corrected chi connectivity index (χ4v) is 2.07. The van der Waals surface area contributed by atoms with Crippen LogP contribution >= 0.6 is 0 Å². The number of hydrogen-bond acceptors (Lipinski definition) is 7. The molecule has 0 aliphatic carbocycles. The van der Waals surface area contributed by atoms with E-state index in [1.165, 1.54) is 0 Å². The zero-order chi connectivity index (χ0) is 15.8. The SMILES string of the molecule is CCN(CC)c1nc(NC)nc(N(CCCO)C(C)C)n1. The maximum atomic E-state index is 9.06. The maximum Gasteiger partial charge on any atom is 0.232 e. The largest absolute Gasteiger partial charge is 0.396 e. The summed E-state index contributed by atoms with van der Waals surface area (Å²) in [5.41, 5.74) is 0. The molecule has 1 rings (SSSR count). The van der Waals surface area contributed by atoms with Gasteiger partial charge in [-0.25, -0.2) is 0 Å². The standard InChI is InChI=1S/C14H28N6O/c1-6-19(7-2)13-16-12(15-5)17-14(18-13)20(11(3)4)9-8-10-21/h11,21H,6-10H2,1-5H3,(H,15,16,17,18). The molecule has 0 aliphatic heterocycles. The molecule has 120 valence electrons. The van der Waals surface area contributed by atoms with Crippen LogP contribution in [0.1, 0.15) is 34.1 Å². The molecule has 1 aromatic rings. The van der Waals surface area contributed by atoms with Gasteiger partial charge in [0.1, 0.15) is 0 Å². The minimum atomic E-state index is 0.163. The van der Waals surface area contributed by atoms with Gasteiger partial charge < -0.3 is 20.2 Å². The molecule has 0 saturated carbocycles. The van der Waals surface area contributed by atoms with Crippen molar-refractivity contribution in [2.75, 3.05) is 48.4 Å². The topological polar surface area (TPSA) is 77.4 Å². The second-order valence-electron chi connectivity index (χ2n) is 5.05. The Morgan fingerprint density at radius 1 is 1.10 bits per heavy atom. The van der Waals surface area contributed by atoms with E-state index in [-0.39, 0.29) is 12.6 Å². The Bertz CT molecular complexity index is 422. The number of anilines is 3. The van der Waals surface area contributed by atoms with Crippen molar-refractivity contribution in [1.82, 2.24) is 15.0 Å². The van der Waals surface area contributed by atoms with Gasteiger partial charge in [0.15, 0.2) is 0 Å². The molecule has 0 amide bonds. The van der Waals surface area contributed by atoms with Crippen molar-refractivity contribution >= 4 is 17.8 Å². The van der Waals surface area contributed by atoms with Crippen LogP contribution < -0.4 is 15.1 Å². The van der Waals surface area contributed by atoms with E-state index < -0.39 is 0 Å². The molecule has 0 fully saturated rings. The Morgan fingerprint density at radius 2 is 1.71 bits per heavy atom. The van der Waals surface area contributed by atoms with Gasteiger partial charge in [-0.3, -0.25) is 0 Å². The van der Waals surface area contributed by atoms with Crippen molar-refractivity contribution in [2.24, 2.45) is 0 Å². The Hall–Kier alpha value is -1.63. The van der Waals surface area contributed by atoms with E-state index in [1.54, 1.807) is 7.05 Å². The molecule has 0 bridgehead atoms. The predicted molar refractivity (Wildman–Crippen MR) is 87.1 cm³/mol. The minimum absolute atomic E-state index is 0.163. The lowest BCUT2D eigenvalue weighted by atomic mass is 10.3. The highest BCUT2D eigenvalue weighted by molar-refractivity contribution is 5.45. The zero-order valence-electron chi connectivity index (χ0n) is 13.8. The van der Waals surface area contributed by atoms with Crippen LogP contribution in [0.4, 0.5) is 17.8 Å². The first-order valence-electron chi connectivity index (χ1n) is 7.63. The average Bonchev–Trinajstić information content (AvgIpc) is 2.48. The van der Waals surface area contributed by atoms with Gasteiger partial charge in [0.05, 0.1) is 0 Å². The third-order valence-electron chi connectivity index (χ3n) is 3.32. The molecule has 2 N–H and O–H groups in total. The summed E-state index contributed by atoms with van der Waals surface area (Å²) in [4.78, 5) is 17.7. The summed E-state index contributed by atoms with van der Waals surface area (Å²) in [5, 5.41) is 12.1. The van der Waals surface area contributed by atoms with E-state index in [0.29, 0.717) is 24.3 Å². The summed E-state index contributed by atoms with van der Waals surface area (Å²) < 4.78 is 0. The van der Waals surface area contributed by atoms with E-state index >= 15 is 0 Å². The van der Waals surface area contributed by atoms with Crippen molar-refractivity contribution in [1.29, 1.82) is 0 Å². The van der Waals surface area contributed by atoms with Gasteiger partial charge in [-0.2, -0.15) is 15.0 Å². The van der Waals surface area contributed by atoms with Gasteiger partial charge in [-0.15, -0.1) is 0 Å². The minimum Gasteiger partial charge on any atom is -0.396 e. The Morgan fingerprint density at radius 3 is 2.19 bits per heavy atom. The second kappa shape index (κ2) is 8.61. The highest BCUT2D eigenvalue weighted by Crippen LogP contribution is 2.18. The van der Waals surface area contributed by atoms with E-state index in [2.05, 4.69) is 57.8 Å². The van der Waals surface area contributed by atoms with Crippen LogP contribution in [-0.2, 0) is 0 Å². The lowest BCUT2D eigenvalue weighted by molar-refractivity contribution is 0.288. The number of rotatable bonds is 9. The van der Waals surface area contributed by atoms with Crippen LogP contribution in [0.5, 0.6) is 0 Å². The monoisotopic (exact) mass is 296 g/mol. The van der Waals surface area contributed by atoms with Crippen LogP contribution in [0.2, 0.25) is 0 Å². The second-order valence-corrected chi connectivity index (χ2v) is 5.05. The van der Waals surface area contributed by atoms with Crippen molar-refractivity contribution in [3.05, 3.63) is 0 Å². The number of nitrogens with one attached hydrogen (secondary N) is 1. The molecule has 21 heavy (non-hydrogen) atoms. The molecule has 0 radical (unpaired) electrons. The lowest BCUT2D eigenvalue weighted by Crippen LogP contribution is -2.35. The Labute approximate surface area is 127 Å². The average molecular weight is 296 g/mol. The third kappa shape index (κ3) is 4.70. The number of aliphatic hydroxyl groups excluding tert-OH is 1. The van der Waals surface area contributed by atoms with Crippen molar-refractivity contribution < 1.29 is 5.11 Å². The summed E-state index contributed by atoms with van der Waals surface area (Å²) in [6.45, 7) is 10.9. The molecule has 0 atom stereocenters. The van der Waals surface area contributed by atoms with Crippen LogP contribution in [0.25, 0.3) is 0 Å². The van der Waals surface area contributed by atoms with Gasteiger partial charge in [0.25, 0.3) is 0 Å². The first-order valence-corrected chi connectivity index (χ1v) is 7.63. The number of hydrogen-bond donors (Lipinski definition) is 2. The van der Waals surface area contributed by atoms with E-state index in [0.717, 1.165) is 19.6 Å². The van der Waals surface area contributed by atoms with Crippen LogP contribution in [-0.4, -0.2) is 59.4 Å². The normalized spacial score (nSPS) is 10.8. The molecular weight excluding hydrogens is 268 g/mol. The fourth-order valence-electron chi connectivity index (χ4n) is 2.07. The summed E-state index contributed by atoms with van der Waals surface area (Å²) in [6, 6.07) is 0.258. The number of aromatic nitrogens is 3. The molecule has 0 spiro atoms. The lowest BCUT2D eigenvalue weighted by Gasteiger charge is -2.28. The van der Waals surface area contributed by atoms with Gasteiger partial charge in [-0.1, -0.05) is 0 Å². The van der Waals surface area contributed by atoms with Crippen LogP contribution in [0.3, 0.4) is 0 Å². The van der Waals surface area contributed by atoms with Crippen LogP contribution in [0.15, 0.2) is 0 Å². The van der Waals surface area contributed by atoms with Crippen molar-refractivity contribution in [2.45, 2.75) is 40.2 Å². The maximum absolute atomic E-state index is 9.06. The highest BCUT2D eigenvalue weighted by Gasteiger charge is 2.17. The molecule has 7 heteroatoms. The summed E-state index contributed by atoms with van der Waals surface area (Å²) in [7, 11) is 1.80. The van der Waals surface area contributed by atoms with Gasteiger partial charge in [0, 0.05) is 39.3 Å². The summed E-state index contributed by atoms with van der Waals surface area (Å²) >= 11 is 0. The van der Waals surface area contributed by atoms with Gasteiger partial charge in [0.2, 0.25) is 17.8 Å². The smallest absolute Gasteiger partial charge is 0.232 e. The first kappa shape index (κ1) is 17.4. The van der Waals surface area contributed by atoms with Gasteiger partial charge in [-0.05, 0) is 34.1 Å². The molecule has 7 nitrogen and oxygen atoms in total. The fraction of sp³-hybridized carbons (Fsp3) is 0.786. The van der Waals surface area contributed by atoms with E-state index in [9.17, 15) is 0 Å². The predicted octanol–water partition coefficient (Wildman–Crippen LogP) is 1.36. The van der Waals surface area contributed by atoms with Crippen molar-refractivity contribution in [3.8, 4) is 0 Å².